The zero-order valence-corrected chi connectivity index (χ0v) is 7.07. The van der Waals surface area contributed by atoms with Gasteiger partial charge in [-0.25, -0.2) is 0 Å². The van der Waals surface area contributed by atoms with E-state index in [0.717, 1.165) is 5.69 Å². The molecular formula is C6H10N2OS. The molecule has 1 N–H and O–H groups in total. The number of imidazole rings is 1. The Balaban J connectivity index is 3.60. The van der Waals surface area contributed by atoms with E-state index in [-0.39, 0.29) is 5.88 Å². The lowest BCUT2D eigenvalue weighted by molar-refractivity contribution is 0.427. The van der Waals surface area contributed by atoms with Gasteiger partial charge < -0.3 is 9.67 Å². The molecule has 4 heteroatoms. The van der Waals surface area contributed by atoms with Crippen LogP contribution in [0.1, 0.15) is 5.69 Å². The van der Waals surface area contributed by atoms with Crippen LogP contribution in [0, 0.1) is 11.7 Å². The summed E-state index contributed by atoms with van der Waals surface area (Å²) in [6.07, 6.45) is 0. The molecule has 1 aromatic heterocycles. The molecule has 0 saturated heterocycles. The van der Waals surface area contributed by atoms with Crippen LogP contribution in [0.2, 0.25) is 0 Å². The molecule has 0 bridgehead atoms. The molecule has 1 heterocycles. The lowest BCUT2D eigenvalue weighted by atomic mass is 10.5. The molecule has 3 nitrogen and oxygen atoms in total. The Morgan fingerprint density at radius 2 is 1.80 bits per heavy atom. The lowest BCUT2D eigenvalue weighted by Crippen LogP contribution is -1.91. The van der Waals surface area contributed by atoms with E-state index >= 15 is 0 Å². The van der Waals surface area contributed by atoms with Gasteiger partial charge in [-0.15, -0.1) is 0 Å². The third kappa shape index (κ3) is 0.759. The van der Waals surface area contributed by atoms with E-state index in [1.165, 1.54) is 0 Å². The molecule has 0 saturated carbocycles. The summed E-state index contributed by atoms with van der Waals surface area (Å²) < 4.78 is 3.98. The van der Waals surface area contributed by atoms with Gasteiger partial charge in [0.2, 0.25) is 5.88 Å². The van der Waals surface area contributed by atoms with Crippen molar-refractivity contribution in [3.63, 3.8) is 0 Å². The standard InChI is InChI=1S/C6H10N2OS/c1-4-5(9)8(3)6(10)7(4)2/h9H,1-3H3. The summed E-state index contributed by atoms with van der Waals surface area (Å²) in [7, 11) is 3.57. The number of rotatable bonds is 0. The van der Waals surface area contributed by atoms with Gasteiger partial charge in [0.25, 0.3) is 0 Å². The maximum absolute atomic E-state index is 9.28. The summed E-state index contributed by atoms with van der Waals surface area (Å²) >= 11 is 4.97. The summed E-state index contributed by atoms with van der Waals surface area (Å²) in [6, 6.07) is 0. The fourth-order valence-electron chi connectivity index (χ4n) is 0.852. The molecule has 0 aliphatic rings. The predicted molar refractivity (Wildman–Crippen MR) is 41.6 cm³/mol. The molecule has 56 valence electrons. The van der Waals surface area contributed by atoms with E-state index in [2.05, 4.69) is 0 Å². The first-order valence-electron chi connectivity index (χ1n) is 2.97. The predicted octanol–water partition coefficient (Wildman–Crippen LogP) is 1.11. The molecule has 0 amide bonds. The Bertz CT molecular complexity index is 282. The van der Waals surface area contributed by atoms with Crippen LogP contribution in [0.15, 0.2) is 0 Å². The van der Waals surface area contributed by atoms with Gasteiger partial charge in [0.15, 0.2) is 4.77 Å². The fourth-order valence-corrected chi connectivity index (χ4v) is 1.08. The van der Waals surface area contributed by atoms with Crippen molar-refractivity contribution in [3.05, 3.63) is 10.5 Å². The van der Waals surface area contributed by atoms with Gasteiger partial charge in [-0.2, -0.15) is 0 Å². The smallest absolute Gasteiger partial charge is 0.212 e. The van der Waals surface area contributed by atoms with E-state index in [1.807, 2.05) is 14.0 Å². The van der Waals surface area contributed by atoms with Crippen LogP contribution in [0.4, 0.5) is 0 Å². The van der Waals surface area contributed by atoms with Crippen LogP contribution < -0.4 is 0 Å². The highest BCUT2D eigenvalue weighted by atomic mass is 32.1. The van der Waals surface area contributed by atoms with Crippen molar-refractivity contribution in [2.75, 3.05) is 0 Å². The summed E-state index contributed by atoms with van der Waals surface area (Å²) in [6.45, 7) is 1.82. The number of hydrogen-bond donors (Lipinski definition) is 1. The van der Waals surface area contributed by atoms with Gasteiger partial charge in [-0.3, -0.25) is 4.57 Å². The minimum Gasteiger partial charge on any atom is -0.493 e. The van der Waals surface area contributed by atoms with Crippen molar-refractivity contribution in [2.24, 2.45) is 14.1 Å². The van der Waals surface area contributed by atoms with Crippen molar-refractivity contribution >= 4 is 12.2 Å². The maximum Gasteiger partial charge on any atom is 0.212 e. The van der Waals surface area contributed by atoms with Crippen LogP contribution in [0.5, 0.6) is 5.88 Å². The van der Waals surface area contributed by atoms with Crippen LogP contribution in [-0.2, 0) is 14.1 Å². The Hall–Kier alpha value is -0.770. The molecule has 0 spiro atoms. The molecule has 0 atom stereocenters. The summed E-state index contributed by atoms with van der Waals surface area (Å²) in [5.74, 6) is 0.243. The number of hydrogen-bond acceptors (Lipinski definition) is 2. The fraction of sp³-hybridized carbons (Fsp3) is 0.500. The van der Waals surface area contributed by atoms with Crippen molar-refractivity contribution in [1.29, 1.82) is 0 Å². The highest BCUT2D eigenvalue weighted by Gasteiger charge is 2.05. The normalized spacial score (nSPS) is 10.3. The summed E-state index contributed by atoms with van der Waals surface area (Å²) in [5, 5.41) is 9.28. The Morgan fingerprint density at radius 1 is 1.30 bits per heavy atom. The summed E-state index contributed by atoms with van der Waals surface area (Å²) in [4.78, 5) is 0. The molecule has 0 unspecified atom stereocenters. The molecule has 0 aromatic carbocycles. The molecule has 0 fully saturated rings. The third-order valence-electron chi connectivity index (χ3n) is 1.72. The van der Waals surface area contributed by atoms with Gasteiger partial charge in [0.05, 0.1) is 5.69 Å². The van der Waals surface area contributed by atoms with Gasteiger partial charge >= 0.3 is 0 Å². The Kier molecular flexibility index (Phi) is 1.56. The van der Waals surface area contributed by atoms with Crippen LogP contribution in [0.3, 0.4) is 0 Å². The molecule has 10 heavy (non-hydrogen) atoms. The van der Waals surface area contributed by atoms with Crippen molar-refractivity contribution in [3.8, 4) is 5.88 Å². The van der Waals surface area contributed by atoms with Crippen molar-refractivity contribution in [1.82, 2.24) is 9.13 Å². The molecular weight excluding hydrogens is 148 g/mol. The van der Waals surface area contributed by atoms with Gasteiger partial charge in [0.1, 0.15) is 0 Å². The average molecular weight is 158 g/mol. The minimum absolute atomic E-state index is 0.243. The first-order valence-corrected chi connectivity index (χ1v) is 3.37. The van der Waals surface area contributed by atoms with E-state index in [9.17, 15) is 5.11 Å². The van der Waals surface area contributed by atoms with Crippen LogP contribution in [0.25, 0.3) is 0 Å². The molecule has 0 aliphatic heterocycles. The summed E-state index contributed by atoms with van der Waals surface area (Å²) in [5.41, 5.74) is 0.799. The third-order valence-corrected chi connectivity index (χ3v) is 2.27. The maximum atomic E-state index is 9.28. The SMILES string of the molecule is Cc1c(O)n(C)c(=S)n1C. The van der Waals surface area contributed by atoms with Crippen LogP contribution >= 0.6 is 12.2 Å². The largest absolute Gasteiger partial charge is 0.493 e. The van der Waals surface area contributed by atoms with E-state index < -0.39 is 0 Å². The van der Waals surface area contributed by atoms with Crippen molar-refractivity contribution in [2.45, 2.75) is 6.92 Å². The molecule has 1 rings (SSSR count). The first kappa shape index (κ1) is 7.34. The minimum atomic E-state index is 0.243. The van der Waals surface area contributed by atoms with Crippen molar-refractivity contribution < 1.29 is 5.11 Å². The van der Waals surface area contributed by atoms with E-state index in [0.29, 0.717) is 4.77 Å². The Morgan fingerprint density at radius 3 is 1.90 bits per heavy atom. The quantitative estimate of drug-likeness (QED) is 0.573. The van der Waals surface area contributed by atoms with Gasteiger partial charge in [0, 0.05) is 14.1 Å². The molecule has 1 aromatic rings. The van der Waals surface area contributed by atoms with Crippen LogP contribution in [-0.4, -0.2) is 14.2 Å². The highest BCUT2D eigenvalue weighted by Crippen LogP contribution is 2.15. The van der Waals surface area contributed by atoms with E-state index in [1.54, 1.807) is 16.2 Å². The Labute approximate surface area is 64.5 Å². The zero-order valence-electron chi connectivity index (χ0n) is 6.25. The van der Waals surface area contributed by atoms with E-state index in [4.69, 9.17) is 12.2 Å². The highest BCUT2D eigenvalue weighted by molar-refractivity contribution is 7.71. The second-order valence-corrected chi connectivity index (χ2v) is 2.67. The van der Waals surface area contributed by atoms with Gasteiger partial charge in [-0.05, 0) is 19.1 Å². The molecule has 0 radical (unpaired) electrons. The number of nitrogens with zero attached hydrogens (tertiary/aromatic N) is 2. The second kappa shape index (κ2) is 2.12. The topological polar surface area (TPSA) is 30.1 Å². The second-order valence-electron chi connectivity index (χ2n) is 2.31. The number of aromatic nitrogens is 2. The van der Waals surface area contributed by atoms with Gasteiger partial charge in [-0.1, -0.05) is 0 Å². The number of aromatic hydroxyl groups is 1. The lowest BCUT2D eigenvalue weighted by Gasteiger charge is -1.91. The zero-order chi connectivity index (χ0) is 7.89. The molecule has 0 aliphatic carbocycles. The average Bonchev–Trinajstić information content (AvgIpc) is 2.07. The first-order chi connectivity index (χ1) is 4.55. The monoisotopic (exact) mass is 158 g/mol.